The molecule has 0 radical (unpaired) electrons. The average molecular weight is 234 g/mol. The zero-order chi connectivity index (χ0) is 12.3. The van der Waals surface area contributed by atoms with Crippen molar-refractivity contribution in [1.82, 2.24) is 15.0 Å². The number of rotatable bonds is 5. The monoisotopic (exact) mass is 234 g/mol. The summed E-state index contributed by atoms with van der Waals surface area (Å²) in [6, 6.07) is 2.06. The van der Waals surface area contributed by atoms with Crippen LogP contribution in [0.5, 0.6) is 0 Å². The normalized spacial score (nSPS) is 12.9. The standard InChI is InChI=1S/C12H18N4O/c1-9-10(5-8-17-9)11(15-13)3-4-12-14-6-7-16(12)2/h5-8,11,15H,3-4,13H2,1-2H3. The van der Waals surface area contributed by atoms with Gasteiger partial charge in [-0.2, -0.15) is 0 Å². The van der Waals surface area contributed by atoms with Crippen LogP contribution in [0.4, 0.5) is 0 Å². The van der Waals surface area contributed by atoms with Crippen LogP contribution in [-0.4, -0.2) is 9.55 Å². The van der Waals surface area contributed by atoms with Crippen LogP contribution in [-0.2, 0) is 13.5 Å². The number of nitrogens with zero attached hydrogens (tertiary/aromatic N) is 2. The van der Waals surface area contributed by atoms with E-state index < -0.39 is 0 Å². The molecule has 0 fully saturated rings. The molecule has 0 aliphatic rings. The molecule has 2 aromatic rings. The van der Waals surface area contributed by atoms with Gasteiger partial charge in [0, 0.05) is 37.5 Å². The summed E-state index contributed by atoms with van der Waals surface area (Å²) < 4.78 is 7.32. The van der Waals surface area contributed by atoms with Crippen LogP contribution < -0.4 is 11.3 Å². The van der Waals surface area contributed by atoms with E-state index in [0.29, 0.717) is 0 Å². The second-order valence-electron chi connectivity index (χ2n) is 4.14. The summed E-state index contributed by atoms with van der Waals surface area (Å²) in [7, 11) is 2.00. The van der Waals surface area contributed by atoms with Gasteiger partial charge >= 0.3 is 0 Å². The van der Waals surface area contributed by atoms with Crippen LogP contribution in [0.15, 0.2) is 29.1 Å². The van der Waals surface area contributed by atoms with Crippen molar-refractivity contribution in [1.29, 1.82) is 0 Å². The van der Waals surface area contributed by atoms with E-state index in [-0.39, 0.29) is 6.04 Å². The highest BCUT2D eigenvalue weighted by Crippen LogP contribution is 2.22. The van der Waals surface area contributed by atoms with Gasteiger partial charge in [0.1, 0.15) is 11.6 Å². The second-order valence-corrected chi connectivity index (χ2v) is 4.14. The lowest BCUT2D eigenvalue weighted by Crippen LogP contribution is -2.28. The molecule has 2 rings (SSSR count). The first-order valence-corrected chi connectivity index (χ1v) is 5.68. The Morgan fingerprint density at radius 2 is 2.41 bits per heavy atom. The third-order valence-corrected chi connectivity index (χ3v) is 3.05. The number of aromatic nitrogens is 2. The lowest BCUT2D eigenvalue weighted by molar-refractivity contribution is 0.480. The Bertz CT molecular complexity index is 474. The van der Waals surface area contributed by atoms with E-state index in [9.17, 15) is 0 Å². The van der Waals surface area contributed by atoms with Crippen LogP contribution in [0.25, 0.3) is 0 Å². The minimum absolute atomic E-state index is 0.102. The van der Waals surface area contributed by atoms with Gasteiger partial charge in [-0.25, -0.2) is 4.98 Å². The minimum atomic E-state index is 0.102. The number of hydrogen-bond acceptors (Lipinski definition) is 4. The molecule has 92 valence electrons. The van der Waals surface area contributed by atoms with E-state index in [1.54, 1.807) is 6.26 Å². The Morgan fingerprint density at radius 1 is 1.59 bits per heavy atom. The molecule has 0 aliphatic carbocycles. The Morgan fingerprint density at radius 3 is 2.94 bits per heavy atom. The van der Waals surface area contributed by atoms with Gasteiger partial charge in [-0.15, -0.1) is 0 Å². The first-order chi connectivity index (χ1) is 8.22. The summed E-state index contributed by atoms with van der Waals surface area (Å²) in [6.45, 7) is 1.94. The maximum absolute atomic E-state index is 5.59. The number of furan rings is 1. The number of hydrogen-bond donors (Lipinski definition) is 2. The maximum atomic E-state index is 5.59. The van der Waals surface area contributed by atoms with Crippen molar-refractivity contribution in [2.45, 2.75) is 25.8 Å². The van der Waals surface area contributed by atoms with E-state index >= 15 is 0 Å². The van der Waals surface area contributed by atoms with Crippen molar-refractivity contribution < 1.29 is 4.42 Å². The molecule has 1 atom stereocenters. The maximum Gasteiger partial charge on any atom is 0.108 e. The molecule has 0 saturated carbocycles. The summed E-state index contributed by atoms with van der Waals surface area (Å²) in [6.07, 6.45) is 7.22. The number of nitrogens with two attached hydrogens (primary N) is 1. The van der Waals surface area contributed by atoms with Gasteiger partial charge in [0.05, 0.1) is 6.26 Å². The van der Waals surface area contributed by atoms with E-state index in [1.165, 1.54) is 0 Å². The molecule has 0 saturated heterocycles. The minimum Gasteiger partial charge on any atom is -0.469 e. The van der Waals surface area contributed by atoms with Gasteiger partial charge in [-0.1, -0.05) is 0 Å². The molecule has 5 heteroatoms. The summed E-state index contributed by atoms with van der Waals surface area (Å²) in [5, 5.41) is 0. The number of imidazole rings is 1. The van der Waals surface area contributed by atoms with Crippen molar-refractivity contribution in [3.63, 3.8) is 0 Å². The Kier molecular flexibility index (Phi) is 3.61. The van der Waals surface area contributed by atoms with Gasteiger partial charge in [-0.05, 0) is 19.4 Å². The van der Waals surface area contributed by atoms with E-state index in [1.807, 2.05) is 37.0 Å². The molecule has 0 spiro atoms. The fourth-order valence-corrected chi connectivity index (χ4v) is 2.00. The molecule has 0 aromatic carbocycles. The van der Waals surface area contributed by atoms with Gasteiger partial charge in [0.25, 0.3) is 0 Å². The van der Waals surface area contributed by atoms with Gasteiger partial charge < -0.3 is 8.98 Å². The highest BCUT2D eigenvalue weighted by Gasteiger charge is 2.15. The Labute approximate surface area is 101 Å². The SMILES string of the molecule is Cc1occc1C(CCc1nccn1C)NN. The third-order valence-electron chi connectivity index (χ3n) is 3.05. The van der Waals surface area contributed by atoms with E-state index in [4.69, 9.17) is 10.3 Å². The first-order valence-electron chi connectivity index (χ1n) is 5.68. The molecule has 2 heterocycles. The van der Waals surface area contributed by atoms with Gasteiger partial charge in [0.2, 0.25) is 0 Å². The van der Waals surface area contributed by atoms with Crippen LogP contribution in [0, 0.1) is 6.92 Å². The lowest BCUT2D eigenvalue weighted by Gasteiger charge is -2.14. The number of hydrazine groups is 1. The first kappa shape index (κ1) is 11.9. The van der Waals surface area contributed by atoms with Gasteiger partial charge in [-0.3, -0.25) is 11.3 Å². The molecule has 0 aliphatic heterocycles. The summed E-state index contributed by atoms with van der Waals surface area (Å²) in [5.74, 6) is 7.56. The van der Waals surface area contributed by atoms with Crippen LogP contribution >= 0.6 is 0 Å². The zero-order valence-corrected chi connectivity index (χ0v) is 10.2. The molecular formula is C12H18N4O. The fourth-order valence-electron chi connectivity index (χ4n) is 2.00. The number of aryl methyl sites for hydroxylation is 3. The Hall–Kier alpha value is -1.59. The zero-order valence-electron chi connectivity index (χ0n) is 10.2. The number of nitrogens with one attached hydrogen (secondary N) is 1. The summed E-state index contributed by atoms with van der Waals surface area (Å²) in [5.41, 5.74) is 3.94. The van der Waals surface area contributed by atoms with Crippen molar-refractivity contribution in [3.8, 4) is 0 Å². The quantitative estimate of drug-likeness (QED) is 0.607. The smallest absolute Gasteiger partial charge is 0.108 e. The van der Waals surface area contributed by atoms with Crippen molar-refractivity contribution in [3.05, 3.63) is 41.9 Å². The average Bonchev–Trinajstić information content (AvgIpc) is 2.90. The molecule has 0 bridgehead atoms. The van der Waals surface area contributed by atoms with Crippen molar-refractivity contribution in [2.75, 3.05) is 0 Å². The molecule has 0 amide bonds. The van der Waals surface area contributed by atoms with E-state index in [0.717, 1.165) is 30.0 Å². The van der Waals surface area contributed by atoms with Crippen LogP contribution in [0.3, 0.4) is 0 Å². The predicted molar refractivity (Wildman–Crippen MR) is 65.0 cm³/mol. The molecule has 3 N–H and O–H groups in total. The van der Waals surface area contributed by atoms with Crippen molar-refractivity contribution in [2.24, 2.45) is 12.9 Å². The lowest BCUT2D eigenvalue weighted by atomic mass is 10.0. The predicted octanol–water partition coefficient (Wildman–Crippen LogP) is 1.46. The van der Waals surface area contributed by atoms with Crippen LogP contribution in [0.1, 0.15) is 29.6 Å². The fraction of sp³-hybridized carbons (Fsp3) is 0.417. The summed E-state index contributed by atoms with van der Waals surface area (Å²) in [4.78, 5) is 4.30. The molecule has 5 nitrogen and oxygen atoms in total. The topological polar surface area (TPSA) is 69.0 Å². The third kappa shape index (κ3) is 2.57. The Balaban J connectivity index is 2.02. The van der Waals surface area contributed by atoms with Gasteiger partial charge in [0.15, 0.2) is 0 Å². The molecule has 1 unspecified atom stereocenters. The molecule has 17 heavy (non-hydrogen) atoms. The van der Waals surface area contributed by atoms with Crippen LogP contribution in [0.2, 0.25) is 0 Å². The largest absolute Gasteiger partial charge is 0.469 e. The molecular weight excluding hydrogens is 216 g/mol. The van der Waals surface area contributed by atoms with Crippen molar-refractivity contribution >= 4 is 0 Å². The second kappa shape index (κ2) is 5.16. The summed E-state index contributed by atoms with van der Waals surface area (Å²) >= 11 is 0. The van der Waals surface area contributed by atoms with E-state index in [2.05, 4.69) is 10.4 Å². The molecule has 2 aromatic heterocycles. The highest BCUT2D eigenvalue weighted by atomic mass is 16.3. The highest BCUT2D eigenvalue weighted by molar-refractivity contribution is 5.20.